The van der Waals surface area contributed by atoms with Crippen molar-refractivity contribution >= 4 is 17.9 Å². The van der Waals surface area contributed by atoms with Crippen molar-refractivity contribution in [2.45, 2.75) is 20.3 Å². The molecule has 0 aromatic carbocycles. The van der Waals surface area contributed by atoms with Crippen LogP contribution in [0.25, 0.3) is 6.08 Å². The van der Waals surface area contributed by atoms with Crippen LogP contribution >= 0.6 is 0 Å². The van der Waals surface area contributed by atoms with Crippen molar-refractivity contribution in [3.63, 3.8) is 0 Å². The first-order valence-corrected chi connectivity index (χ1v) is 5.17. The summed E-state index contributed by atoms with van der Waals surface area (Å²) in [5.74, 6) is 0.307. The first kappa shape index (κ1) is 12.2. The number of carbonyl (C=O) groups is 1. The molecule has 0 saturated heterocycles. The van der Waals surface area contributed by atoms with Crippen LogP contribution in [-0.2, 0) is 9.53 Å². The zero-order valence-corrected chi connectivity index (χ0v) is 9.56. The van der Waals surface area contributed by atoms with Gasteiger partial charge in [0.05, 0.1) is 13.0 Å². The largest absolute Gasteiger partial charge is 0.466 e. The number of anilines is 1. The highest BCUT2D eigenvalue weighted by Gasteiger charge is 1.97. The molecule has 0 aliphatic rings. The first-order valence-electron chi connectivity index (χ1n) is 5.17. The quantitative estimate of drug-likeness (QED) is 0.787. The Morgan fingerprint density at radius 3 is 3.00 bits per heavy atom. The maximum absolute atomic E-state index is 11.0. The lowest BCUT2D eigenvalue weighted by molar-refractivity contribution is -0.142. The fourth-order valence-electron chi connectivity index (χ4n) is 1.21. The Balaban J connectivity index is 2.56. The van der Waals surface area contributed by atoms with Gasteiger partial charge in [-0.3, -0.25) is 4.79 Å². The van der Waals surface area contributed by atoms with Gasteiger partial charge in [-0.25, -0.2) is 4.98 Å². The summed E-state index contributed by atoms with van der Waals surface area (Å²) in [5.41, 5.74) is 7.45. The summed E-state index contributed by atoms with van der Waals surface area (Å²) in [6, 6.07) is 1.92. The summed E-state index contributed by atoms with van der Waals surface area (Å²) in [4.78, 5) is 15.1. The molecule has 0 saturated carbocycles. The van der Waals surface area contributed by atoms with Crippen LogP contribution in [0.3, 0.4) is 0 Å². The van der Waals surface area contributed by atoms with Crippen LogP contribution in [0.1, 0.15) is 24.5 Å². The van der Waals surface area contributed by atoms with E-state index in [1.165, 1.54) is 0 Å². The number of pyridine rings is 1. The number of esters is 1. The lowest BCUT2D eigenvalue weighted by Gasteiger charge is -2.00. The standard InChI is InChI=1S/C12H16N2O2/c1-3-16-11(15)6-4-5-10-7-9(2)12(13)14-8-10/h4-5,7-8H,3,6H2,1-2H3,(H2,13,14). The molecule has 0 amide bonds. The molecule has 1 aromatic heterocycles. The summed E-state index contributed by atoms with van der Waals surface area (Å²) >= 11 is 0. The molecule has 0 atom stereocenters. The monoisotopic (exact) mass is 220 g/mol. The number of hydrogen-bond acceptors (Lipinski definition) is 4. The molecular weight excluding hydrogens is 204 g/mol. The SMILES string of the molecule is CCOC(=O)CC=Cc1cnc(N)c(C)c1. The average molecular weight is 220 g/mol. The molecule has 86 valence electrons. The molecule has 0 aliphatic carbocycles. The molecular formula is C12H16N2O2. The molecule has 1 aromatic rings. The normalized spacial score (nSPS) is 10.6. The number of ether oxygens (including phenoxy) is 1. The van der Waals surface area contributed by atoms with Crippen molar-refractivity contribution in [1.29, 1.82) is 0 Å². The highest BCUT2D eigenvalue weighted by atomic mass is 16.5. The second-order valence-corrected chi connectivity index (χ2v) is 3.38. The number of nitrogens with zero attached hydrogens (tertiary/aromatic N) is 1. The Morgan fingerprint density at radius 1 is 1.62 bits per heavy atom. The van der Waals surface area contributed by atoms with E-state index in [1.807, 2.05) is 19.1 Å². The molecule has 0 aliphatic heterocycles. The summed E-state index contributed by atoms with van der Waals surface area (Å²) in [5, 5.41) is 0. The van der Waals surface area contributed by atoms with E-state index in [4.69, 9.17) is 10.5 Å². The topological polar surface area (TPSA) is 65.2 Å². The Kier molecular flexibility index (Phi) is 4.51. The second kappa shape index (κ2) is 5.90. The number of nitrogens with two attached hydrogens (primary N) is 1. The fraction of sp³-hybridized carbons (Fsp3) is 0.333. The lowest BCUT2D eigenvalue weighted by atomic mass is 10.2. The average Bonchev–Trinajstić information content (AvgIpc) is 2.24. The molecule has 4 heteroatoms. The van der Waals surface area contributed by atoms with Crippen LogP contribution in [0.5, 0.6) is 0 Å². The third kappa shape index (κ3) is 3.73. The third-order valence-corrected chi connectivity index (χ3v) is 2.04. The number of hydrogen-bond donors (Lipinski definition) is 1. The molecule has 0 unspecified atom stereocenters. The zero-order valence-electron chi connectivity index (χ0n) is 9.56. The first-order chi connectivity index (χ1) is 7.63. The van der Waals surface area contributed by atoms with Crippen LogP contribution < -0.4 is 5.73 Å². The maximum atomic E-state index is 11.0. The molecule has 2 N–H and O–H groups in total. The molecule has 0 fully saturated rings. The summed E-state index contributed by atoms with van der Waals surface area (Å²) < 4.78 is 4.80. The van der Waals surface area contributed by atoms with Gasteiger partial charge >= 0.3 is 5.97 Å². The Hall–Kier alpha value is -1.84. The predicted molar refractivity (Wildman–Crippen MR) is 63.7 cm³/mol. The molecule has 16 heavy (non-hydrogen) atoms. The van der Waals surface area contributed by atoms with Crippen molar-refractivity contribution in [2.75, 3.05) is 12.3 Å². The van der Waals surface area contributed by atoms with Gasteiger partial charge in [-0.15, -0.1) is 0 Å². The van der Waals surface area contributed by atoms with E-state index in [9.17, 15) is 4.79 Å². The Morgan fingerprint density at radius 2 is 2.38 bits per heavy atom. The number of nitrogen functional groups attached to an aromatic ring is 1. The third-order valence-electron chi connectivity index (χ3n) is 2.04. The number of rotatable bonds is 4. The van der Waals surface area contributed by atoms with E-state index >= 15 is 0 Å². The van der Waals surface area contributed by atoms with Crippen LogP contribution in [0, 0.1) is 6.92 Å². The van der Waals surface area contributed by atoms with Crippen LogP contribution in [-0.4, -0.2) is 17.6 Å². The van der Waals surface area contributed by atoms with Crippen molar-refractivity contribution < 1.29 is 9.53 Å². The van der Waals surface area contributed by atoms with Gasteiger partial charge in [0, 0.05) is 6.20 Å². The zero-order chi connectivity index (χ0) is 12.0. The summed E-state index contributed by atoms with van der Waals surface area (Å²) in [6.45, 7) is 4.09. The minimum Gasteiger partial charge on any atom is -0.466 e. The van der Waals surface area contributed by atoms with E-state index in [-0.39, 0.29) is 12.4 Å². The van der Waals surface area contributed by atoms with Gasteiger partial charge in [-0.1, -0.05) is 12.2 Å². The smallest absolute Gasteiger partial charge is 0.309 e. The maximum Gasteiger partial charge on any atom is 0.309 e. The Labute approximate surface area is 95.1 Å². The summed E-state index contributed by atoms with van der Waals surface area (Å²) in [7, 11) is 0. The van der Waals surface area contributed by atoms with Crippen molar-refractivity contribution in [3.05, 3.63) is 29.5 Å². The minimum absolute atomic E-state index is 0.223. The Bertz CT molecular complexity index is 400. The van der Waals surface area contributed by atoms with Gasteiger partial charge in [0.25, 0.3) is 0 Å². The van der Waals surface area contributed by atoms with Crippen LogP contribution in [0.15, 0.2) is 18.3 Å². The van der Waals surface area contributed by atoms with Gasteiger partial charge < -0.3 is 10.5 Å². The number of aryl methyl sites for hydroxylation is 1. The number of carbonyl (C=O) groups excluding carboxylic acids is 1. The second-order valence-electron chi connectivity index (χ2n) is 3.38. The van der Waals surface area contributed by atoms with E-state index in [1.54, 1.807) is 19.2 Å². The summed E-state index contributed by atoms with van der Waals surface area (Å²) in [6.07, 6.45) is 5.53. The van der Waals surface area contributed by atoms with Crippen LogP contribution in [0.2, 0.25) is 0 Å². The molecule has 0 spiro atoms. The van der Waals surface area contributed by atoms with E-state index in [2.05, 4.69) is 4.98 Å². The van der Waals surface area contributed by atoms with Gasteiger partial charge in [0.1, 0.15) is 5.82 Å². The predicted octanol–water partition coefficient (Wildman–Crippen LogP) is 1.94. The molecule has 0 radical (unpaired) electrons. The van der Waals surface area contributed by atoms with Crippen LogP contribution in [0.4, 0.5) is 5.82 Å². The molecule has 0 bridgehead atoms. The fourth-order valence-corrected chi connectivity index (χ4v) is 1.21. The van der Waals surface area contributed by atoms with E-state index in [0.717, 1.165) is 11.1 Å². The van der Waals surface area contributed by atoms with Gasteiger partial charge in [0.2, 0.25) is 0 Å². The highest BCUT2D eigenvalue weighted by molar-refractivity contribution is 5.72. The molecule has 1 heterocycles. The van der Waals surface area contributed by atoms with Crippen molar-refractivity contribution in [1.82, 2.24) is 4.98 Å². The molecule has 4 nitrogen and oxygen atoms in total. The van der Waals surface area contributed by atoms with E-state index < -0.39 is 0 Å². The van der Waals surface area contributed by atoms with Gasteiger partial charge in [0.15, 0.2) is 0 Å². The van der Waals surface area contributed by atoms with E-state index in [0.29, 0.717) is 12.4 Å². The van der Waals surface area contributed by atoms with Gasteiger partial charge in [-0.05, 0) is 31.0 Å². The van der Waals surface area contributed by atoms with Crippen molar-refractivity contribution in [3.8, 4) is 0 Å². The lowest BCUT2D eigenvalue weighted by Crippen LogP contribution is -2.01. The molecule has 1 rings (SSSR count). The minimum atomic E-state index is -0.223. The van der Waals surface area contributed by atoms with Gasteiger partial charge in [-0.2, -0.15) is 0 Å². The highest BCUT2D eigenvalue weighted by Crippen LogP contribution is 2.10. The van der Waals surface area contributed by atoms with Crippen molar-refractivity contribution in [2.24, 2.45) is 0 Å². The number of aromatic nitrogens is 1.